The predicted molar refractivity (Wildman–Crippen MR) is 42.1 cm³/mol. The Morgan fingerprint density at radius 3 is 2.20 bits per heavy atom. The number of ether oxygens (including phenoxy) is 1. The molecule has 1 rings (SSSR count). The van der Waals surface area contributed by atoms with Gasteiger partial charge < -0.3 is 10.1 Å². The van der Waals surface area contributed by atoms with Crippen molar-refractivity contribution < 1.29 is 4.74 Å². The monoisotopic (exact) mass is 143 g/mol. The molecular formula is C8H17NO. The van der Waals surface area contributed by atoms with Crippen molar-refractivity contribution in [1.82, 2.24) is 5.32 Å². The molecule has 1 saturated heterocycles. The van der Waals surface area contributed by atoms with Gasteiger partial charge in [-0.1, -0.05) is 20.8 Å². The van der Waals surface area contributed by atoms with E-state index in [1.54, 1.807) is 0 Å². The van der Waals surface area contributed by atoms with E-state index < -0.39 is 0 Å². The summed E-state index contributed by atoms with van der Waals surface area (Å²) in [5.41, 5.74) is 0.300. The summed E-state index contributed by atoms with van der Waals surface area (Å²) in [4.78, 5) is 0. The summed E-state index contributed by atoms with van der Waals surface area (Å²) in [5.74, 6) is 0.682. The minimum absolute atomic E-state index is 0.300. The van der Waals surface area contributed by atoms with Gasteiger partial charge in [-0.15, -0.1) is 0 Å². The van der Waals surface area contributed by atoms with Crippen LogP contribution in [0.15, 0.2) is 0 Å². The fourth-order valence-electron chi connectivity index (χ4n) is 1.31. The summed E-state index contributed by atoms with van der Waals surface area (Å²) in [6.45, 7) is 9.44. The smallest absolute Gasteiger partial charge is 0.0676 e. The van der Waals surface area contributed by atoms with Gasteiger partial charge in [-0.25, -0.2) is 0 Å². The Kier molecular flexibility index (Phi) is 2.32. The maximum absolute atomic E-state index is 5.19. The lowest BCUT2D eigenvalue weighted by molar-refractivity contribution is -0.0965. The quantitative estimate of drug-likeness (QED) is 0.637. The van der Waals surface area contributed by atoms with Crippen molar-refractivity contribution in [2.75, 3.05) is 19.8 Å². The van der Waals surface area contributed by atoms with Crippen molar-refractivity contribution in [3.63, 3.8) is 0 Å². The van der Waals surface area contributed by atoms with E-state index in [1.165, 1.54) is 0 Å². The molecule has 10 heavy (non-hydrogen) atoms. The fraction of sp³-hybridized carbons (Fsp3) is 1.00. The van der Waals surface area contributed by atoms with Gasteiger partial charge in [0.25, 0.3) is 0 Å². The molecule has 0 aromatic rings. The second kappa shape index (κ2) is 2.89. The lowest BCUT2D eigenvalue weighted by Gasteiger charge is -2.45. The Morgan fingerprint density at radius 1 is 1.50 bits per heavy atom. The molecule has 0 saturated carbocycles. The van der Waals surface area contributed by atoms with E-state index >= 15 is 0 Å². The van der Waals surface area contributed by atoms with Crippen LogP contribution in [0.1, 0.15) is 20.8 Å². The van der Waals surface area contributed by atoms with Crippen LogP contribution in [0.3, 0.4) is 0 Å². The molecule has 1 aliphatic rings. The van der Waals surface area contributed by atoms with Crippen LogP contribution in [-0.2, 0) is 4.74 Å². The Morgan fingerprint density at radius 2 is 2.10 bits per heavy atom. The molecule has 1 fully saturated rings. The zero-order chi connectivity index (χ0) is 7.61. The van der Waals surface area contributed by atoms with E-state index in [0.717, 1.165) is 19.8 Å². The molecule has 0 bridgehead atoms. The van der Waals surface area contributed by atoms with Crippen LogP contribution in [0.4, 0.5) is 0 Å². The van der Waals surface area contributed by atoms with Gasteiger partial charge in [0.05, 0.1) is 18.8 Å². The van der Waals surface area contributed by atoms with Gasteiger partial charge >= 0.3 is 0 Å². The van der Waals surface area contributed by atoms with E-state index in [1.807, 2.05) is 0 Å². The molecule has 0 aromatic heterocycles. The van der Waals surface area contributed by atoms with Gasteiger partial charge in [-0.05, 0) is 12.5 Å². The summed E-state index contributed by atoms with van der Waals surface area (Å²) in [7, 11) is 0. The number of nitrogens with one attached hydrogen (secondary N) is 1. The summed E-state index contributed by atoms with van der Waals surface area (Å²) >= 11 is 0. The molecule has 0 unspecified atom stereocenters. The van der Waals surface area contributed by atoms with E-state index in [9.17, 15) is 0 Å². The summed E-state index contributed by atoms with van der Waals surface area (Å²) < 4.78 is 5.19. The lowest BCUT2D eigenvalue weighted by Crippen LogP contribution is -2.63. The Labute approximate surface area is 63.0 Å². The summed E-state index contributed by atoms with van der Waals surface area (Å²) in [6, 6.07) is 0. The van der Waals surface area contributed by atoms with E-state index in [-0.39, 0.29) is 0 Å². The third-order valence-electron chi connectivity index (χ3n) is 2.35. The van der Waals surface area contributed by atoms with Crippen molar-refractivity contribution in [3.05, 3.63) is 0 Å². The van der Waals surface area contributed by atoms with Gasteiger partial charge in [-0.2, -0.15) is 0 Å². The van der Waals surface area contributed by atoms with Crippen LogP contribution in [0.2, 0.25) is 0 Å². The van der Waals surface area contributed by atoms with Crippen LogP contribution in [0.25, 0.3) is 0 Å². The topological polar surface area (TPSA) is 21.3 Å². The van der Waals surface area contributed by atoms with Crippen molar-refractivity contribution >= 4 is 0 Å². The average molecular weight is 143 g/mol. The molecule has 1 N–H and O–H groups in total. The number of likely N-dealkylation sites (N-methyl/N-ethyl adjacent to an activating group) is 1. The van der Waals surface area contributed by atoms with Crippen LogP contribution >= 0.6 is 0 Å². The molecular weight excluding hydrogens is 126 g/mol. The zero-order valence-corrected chi connectivity index (χ0v) is 7.11. The van der Waals surface area contributed by atoms with Gasteiger partial charge in [-0.3, -0.25) is 0 Å². The SMILES string of the molecule is CCNC1(C(C)C)COC1. The normalized spacial score (nSPS) is 22.8. The number of hydrogen-bond acceptors (Lipinski definition) is 2. The lowest BCUT2D eigenvalue weighted by atomic mass is 9.84. The first-order valence-corrected chi connectivity index (χ1v) is 4.04. The molecule has 1 heterocycles. The van der Waals surface area contributed by atoms with Gasteiger partial charge in [0.15, 0.2) is 0 Å². The molecule has 0 atom stereocenters. The van der Waals surface area contributed by atoms with E-state index in [4.69, 9.17) is 4.74 Å². The summed E-state index contributed by atoms with van der Waals surface area (Å²) in [5, 5.41) is 3.47. The first kappa shape index (κ1) is 8.02. The van der Waals surface area contributed by atoms with Crippen LogP contribution in [-0.4, -0.2) is 25.3 Å². The maximum Gasteiger partial charge on any atom is 0.0676 e. The molecule has 0 spiro atoms. The first-order chi connectivity index (χ1) is 4.71. The van der Waals surface area contributed by atoms with E-state index in [2.05, 4.69) is 26.1 Å². The molecule has 0 amide bonds. The molecule has 0 radical (unpaired) electrons. The van der Waals surface area contributed by atoms with Crippen LogP contribution in [0, 0.1) is 5.92 Å². The van der Waals surface area contributed by atoms with Crippen molar-refractivity contribution in [3.8, 4) is 0 Å². The molecule has 1 aliphatic heterocycles. The fourth-order valence-corrected chi connectivity index (χ4v) is 1.31. The Balaban J connectivity index is 2.42. The Hall–Kier alpha value is -0.0800. The predicted octanol–water partition coefficient (Wildman–Crippen LogP) is 1.02. The van der Waals surface area contributed by atoms with Gasteiger partial charge in [0, 0.05) is 0 Å². The third kappa shape index (κ3) is 1.18. The largest absolute Gasteiger partial charge is 0.377 e. The average Bonchev–Trinajstić information content (AvgIpc) is 1.77. The first-order valence-electron chi connectivity index (χ1n) is 4.04. The highest BCUT2D eigenvalue weighted by Crippen LogP contribution is 2.25. The van der Waals surface area contributed by atoms with E-state index in [0.29, 0.717) is 11.5 Å². The highest BCUT2D eigenvalue weighted by atomic mass is 16.5. The molecule has 2 heteroatoms. The maximum atomic E-state index is 5.19. The number of rotatable bonds is 3. The minimum atomic E-state index is 0.300. The van der Waals surface area contributed by atoms with Crippen LogP contribution in [0.5, 0.6) is 0 Å². The second-order valence-corrected chi connectivity index (χ2v) is 3.33. The van der Waals surface area contributed by atoms with Crippen molar-refractivity contribution in [1.29, 1.82) is 0 Å². The molecule has 0 aliphatic carbocycles. The highest BCUT2D eigenvalue weighted by molar-refractivity contribution is 4.96. The Bertz CT molecular complexity index is 108. The minimum Gasteiger partial charge on any atom is -0.377 e. The number of hydrogen-bond donors (Lipinski definition) is 1. The highest BCUT2D eigenvalue weighted by Gasteiger charge is 2.40. The molecule has 2 nitrogen and oxygen atoms in total. The zero-order valence-electron chi connectivity index (χ0n) is 7.11. The molecule has 60 valence electrons. The second-order valence-electron chi connectivity index (χ2n) is 3.33. The third-order valence-corrected chi connectivity index (χ3v) is 2.35. The van der Waals surface area contributed by atoms with Gasteiger partial charge in [0.2, 0.25) is 0 Å². The van der Waals surface area contributed by atoms with Crippen molar-refractivity contribution in [2.45, 2.75) is 26.3 Å². The van der Waals surface area contributed by atoms with Crippen molar-refractivity contribution in [2.24, 2.45) is 5.92 Å². The summed E-state index contributed by atoms with van der Waals surface area (Å²) in [6.07, 6.45) is 0. The molecule has 0 aromatic carbocycles. The standard InChI is InChI=1S/C8H17NO/c1-4-9-8(7(2)3)5-10-6-8/h7,9H,4-6H2,1-3H3. The van der Waals surface area contributed by atoms with Crippen LogP contribution < -0.4 is 5.32 Å². The van der Waals surface area contributed by atoms with Gasteiger partial charge in [0.1, 0.15) is 0 Å².